The molecule has 0 unspecified atom stereocenters. The standard InChI is InChI=1S/C18H13IN2O4/c1-10-2-5-12(6-3-10)21-17(24)13(16(23)20-18(21)25)8-11-4-7-15(22)14(19)9-11/h2-9,22H,1H3,(H,20,23,25)/b13-8+. The number of aryl methyl sites for hydroxylation is 1. The molecule has 0 saturated carbocycles. The van der Waals surface area contributed by atoms with Gasteiger partial charge in [-0.2, -0.15) is 0 Å². The molecule has 126 valence electrons. The summed E-state index contributed by atoms with van der Waals surface area (Å²) in [5, 5.41) is 11.8. The number of anilines is 1. The number of hydrogen-bond acceptors (Lipinski definition) is 4. The lowest BCUT2D eigenvalue weighted by Crippen LogP contribution is -2.54. The summed E-state index contributed by atoms with van der Waals surface area (Å²) < 4.78 is 0.585. The van der Waals surface area contributed by atoms with E-state index in [0.29, 0.717) is 14.8 Å². The topological polar surface area (TPSA) is 86.7 Å². The second-order valence-electron chi connectivity index (χ2n) is 5.50. The van der Waals surface area contributed by atoms with Gasteiger partial charge >= 0.3 is 6.03 Å². The van der Waals surface area contributed by atoms with Crippen molar-refractivity contribution in [2.24, 2.45) is 0 Å². The molecule has 0 bridgehead atoms. The average Bonchev–Trinajstić information content (AvgIpc) is 2.56. The van der Waals surface area contributed by atoms with Gasteiger partial charge in [0.1, 0.15) is 11.3 Å². The molecule has 6 nitrogen and oxygen atoms in total. The van der Waals surface area contributed by atoms with E-state index < -0.39 is 17.8 Å². The minimum Gasteiger partial charge on any atom is -0.507 e. The van der Waals surface area contributed by atoms with Crippen LogP contribution >= 0.6 is 22.6 Å². The molecule has 1 heterocycles. The van der Waals surface area contributed by atoms with E-state index in [1.165, 1.54) is 12.1 Å². The van der Waals surface area contributed by atoms with Gasteiger partial charge in [0.15, 0.2) is 0 Å². The highest BCUT2D eigenvalue weighted by atomic mass is 127. The van der Waals surface area contributed by atoms with Crippen molar-refractivity contribution < 1.29 is 19.5 Å². The number of nitrogens with zero attached hydrogens (tertiary/aromatic N) is 1. The lowest BCUT2D eigenvalue weighted by Gasteiger charge is -2.26. The highest BCUT2D eigenvalue weighted by Crippen LogP contribution is 2.24. The number of rotatable bonds is 2. The first-order valence-corrected chi connectivity index (χ1v) is 8.41. The lowest BCUT2D eigenvalue weighted by molar-refractivity contribution is -0.122. The molecule has 4 amide bonds. The van der Waals surface area contributed by atoms with Crippen molar-refractivity contribution in [1.29, 1.82) is 0 Å². The van der Waals surface area contributed by atoms with Gasteiger partial charge < -0.3 is 5.11 Å². The fourth-order valence-electron chi connectivity index (χ4n) is 2.37. The Hall–Kier alpha value is -2.68. The predicted molar refractivity (Wildman–Crippen MR) is 101 cm³/mol. The molecule has 7 heteroatoms. The minimum absolute atomic E-state index is 0.110. The Bertz CT molecular complexity index is 919. The van der Waals surface area contributed by atoms with Gasteiger partial charge in [0, 0.05) is 0 Å². The van der Waals surface area contributed by atoms with Gasteiger partial charge in [0.05, 0.1) is 9.26 Å². The zero-order valence-electron chi connectivity index (χ0n) is 13.1. The first-order chi connectivity index (χ1) is 11.9. The van der Waals surface area contributed by atoms with Crippen LogP contribution in [0.2, 0.25) is 0 Å². The molecule has 1 aliphatic heterocycles. The molecule has 2 N–H and O–H groups in total. The number of benzene rings is 2. The Balaban J connectivity index is 2.01. The first-order valence-electron chi connectivity index (χ1n) is 7.33. The number of nitrogens with one attached hydrogen (secondary N) is 1. The number of halogens is 1. The first kappa shape index (κ1) is 17.2. The van der Waals surface area contributed by atoms with Crippen LogP contribution < -0.4 is 10.2 Å². The number of imide groups is 2. The van der Waals surface area contributed by atoms with Gasteiger partial charge in [0.2, 0.25) is 0 Å². The number of amides is 4. The summed E-state index contributed by atoms with van der Waals surface area (Å²) in [6, 6.07) is 10.7. The monoisotopic (exact) mass is 448 g/mol. The van der Waals surface area contributed by atoms with E-state index in [0.717, 1.165) is 10.5 Å². The van der Waals surface area contributed by atoms with E-state index in [1.807, 2.05) is 29.5 Å². The lowest BCUT2D eigenvalue weighted by atomic mass is 10.1. The maximum Gasteiger partial charge on any atom is 0.335 e. The molecule has 2 aromatic carbocycles. The van der Waals surface area contributed by atoms with Crippen molar-refractivity contribution in [3.05, 3.63) is 62.7 Å². The van der Waals surface area contributed by atoms with E-state index in [9.17, 15) is 19.5 Å². The van der Waals surface area contributed by atoms with Crippen LogP contribution in [0.3, 0.4) is 0 Å². The summed E-state index contributed by atoms with van der Waals surface area (Å²) >= 11 is 1.95. The normalized spacial score (nSPS) is 16.3. The summed E-state index contributed by atoms with van der Waals surface area (Å²) in [6.45, 7) is 1.89. The van der Waals surface area contributed by atoms with Gasteiger partial charge in [-0.3, -0.25) is 14.9 Å². The van der Waals surface area contributed by atoms with E-state index in [2.05, 4.69) is 5.32 Å². The van der Waals surface area contributed by atoms with E-state index >= 15 is 0 Å². The maximum atomic E-state index is 12.7. The second-order valence-corrected chi connectivity index (χ2v) is 6.67. The van der Waals surface area contributed by atoms with Crippen molar-refractivity contribution in [3.63, 3.8) is 0 Å². The number of barbiturate groups is 1. The fourth-order valence-corrected chi connectivity index (χ4v) is 2.90. The summed E-state index contributed by atoms with van der Waals surface area (Å²) in [6.07, 6.45) is 1.40. The molecule has 1 fully saturated rings. The molecular weight excluding hydrogens is 435 g/mol. The van der Waals surface area contributed by atoms with Gasteiger partial charge in [-0.15, -0.1) is 0 Å². The van der Waals surface area contributed by atoms with Crippen molar-refractivity contribution in [1.82, 2.24) is 5.32 Å². The molecule has 0 spiro atoms. The molecule has 1 aliphatic rings. The largest absolute Gasteiger partial charge is 0.507 e. The van der Waals surface area contributed by atoms with Gasteiger partial charge in [0.25, 0.3) is 11.8 Å². The van der Waals surface area contributed by atoms with Crippen LogP contribution in [0, 0.1) is 10.5 Å². The Kier molecular flexibility index (Phi) is 4.58. The molecule has 2 aromatic rings. The second kappa shape index (κ2) is 6.67. The third-order valence-electron chi connectivity index (χ3n) is 3.68. The quantitative estimate of drug-likeness (QED) is 0.420. The average molecular weight is 448 g/mol. The van der Waals surface area contributed by atoms with Crippen molar-refractivity contribution >= 4 is 52.2 Å². The third kappa shape index (κ3) is 3.41. The van der Waals surface area contributed by atoms with Crippen LogP contribution in [0.25, 0.3) is 6.08 Å². The maximum absolute atomic E-state index is 12.7. The van der Waals surface area contributed by atoms with Crippen LogP contribution in [-0.2, 0) is 9.59 Å². The van der Waals surface area contributed by atoms with Crippen molar-refractivity contribution in [2.45, 2.75) is 6.92 Å². The predicted octanol–water partition coefficient (Wildman–Crippen LogP) is 2.97. The Morgan fingerprint density at radius 2 is 1.76 bits per heavy atom. The number of carbonyl (C=O) groups is 3. The third-order valence-corrected chi connectivity index (χ3v) is 4.54. The number of urea groups is 1. The summed E-state index contributed by atoms with van der Waals surface area (Å²) in [5.74, 6) is -1.33. The van der Waals surface area contributed by atoms with Crippen LogP contribution in [0.15, 0.2) is 48.0 Å². The zero-order chi connectivity index (χ0) is 18.1. The van der Waals surface area contributed by atoms with E-state index in [-0.39, 0.29) is 11.3 Å². The fraction of sp³-hybridized carbons (Fsp3) is 0.0556. The SMILES string of the molecule is Cc1ccc(N2C(=O)NC(=O)/C(=C\c3ccc(O)c(I)c3)C2=O)cc1. The molecule has 3 rings (SSSR count). The van der Waals surface area contributed by atoms with Gasteiger partial charge in [-0.05, 0) is 65.4 Å². The minimum atomic E-state index is -0.781. The molecule has 0 atom stereocenters. The Morgan fingerprint density at radius 1 is 1.08 bits per heavy atom. The summed E-state index contributed by atoms with van der Waals surface area (Å²) in [5.41, 5.74) is 1.78. The molecule has 0 radical (unpaired) electrons. The smallest absolute Gasteiger partial charge is 0.335 e. The van der Waals surface area contributed by atoms with Crippen LogP contribution in [0.1, 0.15) is 11.1 Å². The number of aromatic hydroxyl groups is 1. The summed E-state index contributed by atoms with van der Waals surface area (Å²) in [7, 11) is 0. The van der Waals surface area contributed by atoms with Gasteiger partial charge in [-0.25, -0.2) is 9.69 Å². The van der Waals surface area contributed by atoms with E-state index in [4.69, 9.17) is 0 Å². The molecular formula is C18H13IN2O4. The van der Waals surface area contributed by atoms with Gasteiger partial charge in [-0.1, -0.05) is 23.8 Å². The molecule has 1 saturated heterocycles. The number of hydrogen-bond donors (Lipinski definition) is 2. The van der Waals surface area contributed by atoms with Crippen LogP contribution in [0.5, 0.6) is 5.75 Å². The highest BCUT2D eigenvalue weighted by molar-refractivity contribution is 14.1. The molecule has 0 aromatic heterocycles. The zero-order valence-corrected chi connectivity index (χ0v) is 15.3. The number of phenolic OH excluding ortho intramolecular Hbond substituents is 1. The highest BCUT2D eigenvalue weighted by Gasteiger charge is 2.36. The summed E-state index contributed by atoms with van der Waals surface area (Å²) in [4.78, 5) is 37.9. The molecule has 25 heavy (non-hydrogen) atoms. The Labute approximate surface area is 157 Å². The van der Waals surface area contributed by atoms with Crippen LogP contribution in [0.4, 0.5) is 10.5 Å². The Morgan fingerprint density at radius 3 is 2.40 bits per heavy atom. The van der Waals surface area contributed by atoms with Crippen LogP contribution in [-0.4, -0.2) is 23.0 Å². The van der Waals surface area contributed by atoms with E-state index in [1.54, 1.807) is 36.4 Å². The molecule has 0 aliphatic carbocycles. The number of phenols is 1. The van der Waals surface area contributed by atoms with Crippen molar-refractivity contribution in [3.8, 4) is 5.75 Å². The van der Waals surface area contributed by atoms with Crippen molar-refractivity contribution in [2.75, 3.05) is 4.90 Å². The number of carbonyl (C=O) groups excluding carboxylic acids is 3.